The van der Waals surface area contributed by atoms with Crippen LogP contribution in [0.4, 0.5) is 0 Å². The average molecular weight is 355 g/mol. The lowest BCUT2D eigenvalue weighted by Crippen LogP contribution is -2.41. The summed E-state index contributed by atoms with van der Waals surface area (Å²) >= 11 is 0. The summed E-state index contributed by atoms with van der Waals surface area (Å²) in [6.07, 6.45) is 5.96. The minimum Gasteiger partial charge on any atom is -0.399 e. The molecule has 0 atom stereocenters. The highest BCUT2D eigenvalue weighted by atomic mass is 16.7. The normalized spacial score (nSPS) is 30.8. The first-order chi connectivity index (χ1) is 12.1. The highest BCUT2D eigenvalue weighted by Gasteiger charge is 2.51. The second-order valence-corrected chi connectivity index (χ2v) is 9.36. The summed E-state index contributed by atoms with van der Waals surface area (Å²) in [4.78, 5) is 0. The summed E-state index contributed by atoms with van der Waals surface area (Å²) in [6, 6.07) is 9.14. The first kappa shape index (κ1) is 18.1. The Morgan fingerprint density at radius 1 is 1.00 bits per heavy atom. The highest BCUT2D eigenvalue weighted by Crippen LogP contribution is 2.38. The number of nitrogens with zero attached hydrogens (tertiary/aromatic N) is 1. The molecule has 140 valence electrons. The number of rotatable bonds is 2. The van der Waals surface area contributed by atoms with Gasteiger partial charge in [-0.15, -0.1) is 0 Å². The summed E-state index contributed by atoms with van der Waals surface area (Å²) in [5, 5.41) is 11.4. The third-order valence-electron chi connectivity index (χ3n) is 6.70. The third-order valence-corrected chi connectivity index (χ3v) is 6.70. The molecule has 1 saturated heterocycles. The maximum atomic E-state index is 10.2. The molecule has 5 heteroatoms. The molecule has 4 nitrogen and oxygen atoms in total. The van der Waals surface area contributed by atoms with Crippen molar-refractivity contribution in [2.75, 3.05) is 0 Å². The van der Waals surface area contributed by atoms with Crippen molar-refractivity contribution in [2.45, 2.75) is 83.1 Å². The zero-order valence-corrected chi connectivity index (χ0v) is 16.6. The molecule has 0 radical (unpaired) electrons. The van der Waals surface area contributed by atoms with Gasteiger partial charge in [0.15, 0.2) is 0 Å². The van der Waals surface area contributed by atoms with E-state index in [1.807, 2.05) is 6.92 Å². The number of benzene rings is 1. The predicted octanol–water partition coefficient (Wildman–Crippen LogP) is 3.81. The quantitative estimate of drug-likeness (QED) is 0.834. The molecule has 0 bridgehead atoms. The summed E-state index contributed by atoms with van der Waals surface area (Å²) < 4.78 is 14.8. The molecule has 1 aromatic heterocycles. The number of hydrogen-bond acceptors (Lipinski definition) is 3. The van der Waals surface area contributed by atoms with Gasteiger partial charge in [0.2, 0.25) is 0 Å². The van der Waals surface area contributed by atoms with Gasteiger partial charge in [0.25, 0.3) is 0 Å². The lowest BCUT2D eigenvalue weighted by Gasteiger charge is -2.34. The Morgan fingerprint density at radius 2 is 1.62 bits per heavy atom. The minimum atomic E-state index is -0.497. The fourth-order valence-electron chi connectivity index (χ4n) is 4.13. The molecule has 0 spiro atoms. The van der Waals surface area contributed by atoms with Gasteiger partial charge in [0.05, 0.1) is 16.8 Å². The van der Waals surface area contributed by atoms with Crippen molar-refractivity contribution in [1.82, 2.24) is 4.57 Å². The SMILES string of the molecule is CC1(O)CCC(n2ccc3cc(B4OC(C)(C)C(C)(C)O4)ccc32)CC1. The monoisotopic (exact) mass is 355 g/mol. The molecule has 1 N–H and O–H groups in total. The van der Waals surface area contributed by atoms with E-state index in [4.69, 9.17) is 9.31 Å². The Morgan fingerprint density at radius 3 is 2.23 bits per heavy atom. The fourth-order valence-corrected chi connectivity index (χ4v) is 4.13. The standard InChI is InChI=1S/C21H30BNO3/c1-19(2)20(3,4)26-22(25-19)16-6-7-18-15(14-16)10-13-23(18)17-8-11-21(5,24)12-9-17/h6-7,10,13-14,17,24H,8-9,11-12H2,1-5H3. The summed E-state index contributed by atoms with van der Waals surface area (Å²) in [6.45, 7) is 10.3. The molecular formula is C21H30BNO3. The molecular weight excluding hydrogens is 325 g/mol. The van der Waals surface area contributed by atoms with Crippen LogP contribution in [0.2, 0.25) is 0 Å². The Balaban J connectivity index is 1.59. The zero-order valence-electron chi connectivity index (χ0n) is 16.6. The van der Waals surface area contributed by atoms with Gasteiger partial charge in [-0.25, -0.2) is 0 Å². The van der Waals surface area contributed by atoms with Crippen molar-refractivity contribution < 1.29 is 14.4 Å². The molecule has 4 rings (SSSR count). The first-order valence-corrected chi connectivity index (χ1v) is 9.77. The van der Waals surface area contributed by atoms with Gasteiger partial charge in [-0.2, -0.15) is 0 Å². The lowest BCUT2D eigenvalue weighted by atomic mass is 9.78. The van der Waals surface area contributed by atoms with Crippen LogP contribution in [-0.2, 0) is 9.31 Å². The molecule has 0 unspecified atom stereocenters. The van der Waals surface area contributed by atoms with Gasteiger partial charge < -0.3 is 19.0 Å². The van der Waals surface area contributed by atoms with Crippen LogP contribution in [0.1, 0.15) is 66.3 Å². The smallest absolute Gasteiger partial charge is 0.399 e. The number of aliphatic hydroxyl groups is 1. The van der Waals surface area contributed by atoms with Crippen molar-refractivity contribution in [1.29, 1.82) is 0 Å². The maximum absolute atomic E-state index is 10.2. The van der Waals surface area contributed by atoms with Crippen LogP contribution in [0.25, 0.3) is 10.9 Å². The number of aromatic nitrogens is 1. The topological polar surface area (TPSA) is 43.6 Å². The van der Waals surface area contributed by atoms with Crippen molar-refractivity contribution in [3.05, 3.63) is 30.5 Å². The van der Waals surface area contributed by atoms with Crippen molar-refractivity contribution in [2.24, 2.45) is 0 Å². The van der Waals surface area contributed by atoms with Crippen molar-refractivity contribution in [3.63, 3.8) is 0 Å². The Labute approximate surface area is 156 Å². The number of fused-ring (bicyclic) bond motifs is 1. The van der Waals surface area contributed by atoms with Gasteiger partial charge in [-0.05, 0) is 83.3 Å². The molecule has 2 fully saturated rings. The van der Waals surface area contributed by atoms with E-state index in [0.717, 1.165) is 31.1 Å². The molecule has 2 aliphatic rings. The second-order valence-electron chi connectivity index (χ2n) is 9.36. The van der Waals surface area contributed by atoms with Crippen LogP contribution in [0.5, 0.6) is 0 Å². The van der Waals surface area contributed by atoms with Crippen molar-refractivity contribution in [3.8, 4) is 0 Å². The third kappa shape index (κ3) is 3.00. The van der Waals surface area contributed by atoms with Crippen molar-refractivity contribution >= 4 is 23.5 Å². The minimum absolute atomic E-state index is 0.322. The molecule has 1 aromatic carbocycles. The van der Waals surface area contributed by atoms with Gasteiger partial charge in [0.1, 0.15) is 0 Å². The number of hydrogen-bond donors (Lipinski definition) is 1. The zero-order chi connectivity index (χ0) is 18.7. The van der Waals surface area contributed by atoms with E-state index in [1.54, 1.807) is 0 Å². The van der Waals surface area contributed by atoms with E-state index < -0.39 is 5.60 Å². The molecule has 26 heavy (non-hydrogen) atoms. The van der Waals surface area contributed by atoms with Crippen LogP contribution < -0.4 is 5.46 Å². The van der Waals surface area contributed by atoms with Crippen LogP contribution in [0, 0.1) is 0 Å². The molecule has 0 amide bonds. The van der Waals surface area contributed by atoms with Crippen LogP contribution in [0.15, 0.2) is 30.5 Å². The van der Waals surface area contributed by atoms with E-state index in [1.165, 1.54) is 10.9 Å². The van der Waals surface area contributed by atoms with E-state index in [0.29, 0.717) is 6.04 Å². The molecule has 1 aliphatic carbocycles. The summed E-state index contributed by atoms with van der Waals surface area (Å²) in [5.74, 6) is 0. The Kier molecular flexibility index (Phi) is 4.07. The van der Waals surface area contributed by atoms with Gasteiger partial charge in [-0.1, -0.05) is 12.1 Å². The summed E-state index contributed by atoms with van der Waals surface area (Å²) in [5.41, 5.74) is 1.18. The fraction of sp³-hybridized carbons (Fsp3) is 0.619. The predicted molar refractivity (Wildman–Crippen MR) is 106 cm³/mol. The molecule has 1 saturated carbocycles. The van der Waals surface area contributed by atoms with Gasteiger partial charge >= 0.3 is 7.12 Å². The van der Waals surface area contributed by atoms with E-state index >= 15 is 0 Å². The average Bonchev–Trinajstić information content (AvgIpc) is 3.05. The highest BCUT2D eigenvalue weighted by molar-refractivity contribution is 6.62. The molecule has 1 aliphatic heterocycles. The maximum Gasteiger partial charge on any atom is 0.494 e. The molecule has 2 heterocycles. The van der Waals surface area contributed by atoms with E-state index in [-0.39, 0.29) is 18.3 Å². The Hall–Kier alpha value is -1.30. The molecule has 2 aromatic rings. The van der Waals surface area contributed by atoms with Gasteiger partial charge in [0, 0.05) is 17.8 Å². The summed E-state index contributed by atoms with van der Waals surface area (Å²) in [7, 11) is -0.322. The van der Waals surface area contributed by atoms with Crippen LogP contribution in [0.3, 0.4) is 0 Å². The van der Waals surface area contributed by atoms with E-state index in [2.05, 4.69) is 62.7 Å². The van der Waals surface area contributed by atoms with Crippen LogP contribution in [-0.4, -0.2) is 33.6 Å². The van der Waals surface area contributed by atoms with Gasteiger partial charge in [-0.3, -0.25) is 0 Å². The Bertz CT molecular complexity index is 798. The lowest BCUT2D eigenvalue weighted by molar-refractivity contribution is 0.00578. The largest absolute Gasteiger partial charge is 0.494 e. The first-order valence-electron chi connectivity index (χ1n) is 9.77. The van der Waals surface area contributed by atoms with Crippen LogP contribution >= 0.6 is 0 Å². The second kappa shape index (κ2) is 5.85. The van der Waals surface area contributed by atoms with E-state index in [9.17, 15) is 5.11 Å².